The minimum atomic E-state index is -0.253. The lowest BCUT2D eigenvalue weighted by Crippen LogP contribution is -2.20. The summed E-state index contributed by atoms with van der Waals surface area (Å²) in [5, 5.41) is 13.6. The molecule has 7 heteroatoms. The van der Waals surface area contributed by atoms with Crippen LogP contribution in [-0.4, -0.2) is 33.1 Å². The van der Waals surface area contributed by atoms with Gasteiger partial charge in [0.15, 0.2) is 5.69 Å². The van der Waals surface area contributed by atoms with Crippen LogP contribution in [0.1, 0.15) is 35.7 Å². The first kappa shape index (κ1) is 13.0. The second-order valence-electron chi connectivity index (χ2n) is 3.96. The van der Waals surface area contributed by atoms with Crippen molar-refractivity contribution in [2.75, 3.05) is 12.4 Å². The van der Waals surface area contributed by atoms with Crippen LogP contribution in [0.5, 0.6) is 0 Å². The highest BCUT2D eigenvalue weighted by Gasteiger charge is 2.12. The van der Waals surface area contributed by atoms with E-state index in [0.29, 0.717) is 11.5 Å². The zero-order valence-corrected chi connectivity index (χ0v) is 10.8. The number of nitrogens with one attached hydrogen (secondary N) is 3. The third kappa shape index (κ3) is 3.06. The fourth-order valence-corrected chi connectivity index (χ4v) is 1.67. The SMILES string of the molecule is CCC(Nc1ccc(C(=O)NC)nn1)c1ncc[nH]1. The maximum atomic E-state index is 11.3. The van der Waals surface area contributed by atoms with Gasteiger partial charge in [0.1, 0.15) is 11.6 Å². The Kier molecular flexibility index (Phi) is 4.07. The molecular formula is C12H16N6O. The minimum absolute atomic E-state index is 0.0372. The summed E-state index contributed by atoms with van der Waals surface area (Å²) in [5.74, 6) is 1.20. The molecule has 0 aromatic carbocycles. The second kappa shape index (κ2) is 5.94. The Morgan fingerprint density at radius 1 is 1.42 bits per heavy atom. The van der Waals surface area contributed by atoms with Crippen LogP contribution in [-0.2, 0) is 0 Å². The molecule has 0 saturated heterocycles. The van der Waals surface area contributed by atoms with E-state index >= 15 is 0 Å². The fourth-order valence-electron chi connectivity index (χ4n) is 1.67. The van der Waals surface area contributed by atoms with Crippen LogP contribution in [0.15, 0.2) is 24.5 Å². The Morgan fingerprint density at radius 2 is 2.26 bits per heavy atom. The van der Waals surface area contributed by atoms with Gasteiger partial charge in [-0.25, -0.2) is 4.98 Å². The van der Waals surface area contributed by atoms with Gasteiger partial charge in [0.05, 0.1) is 6.04 Å². The van der Waals surface area contributed by atoms with Crippen molar-refractivity contribution in [1.29, 1.82) is 0 Å². The molecule has 1 amide bonds. The molecule has 2 rings (SSSR count). The monoisotopic (exact) mass is 260 g/mol. The molecule has 0 saturated carbocycles. The van der Waals surface area contributed by atoms with Crippen molar-refractivity contribution in [3.63, 3.8) is 0 Å². The van der Waals surface area contributed by atoms with Gasteiger partial charge < -0.3 is 15.6 Å². The number of H-pyrrole nitrogens is 1. The topological polar surface area (TPSA) is 95.6 Å². The second-order valence-corrected chi connectivity index (χ2v) is 3.96. The number of aromatic nitrogens is 4. The van der Waals surface area contributed by atoms with E-state index in [9.17, 15) is 4.79 Å². The average molecular weight is 260 g/mol. The predicted molar refractivity (Wildman–Crippen MR) is 70.7 cm³/mol. The number of hydrogen-bond donors (Lipinski definition) is 3. The number of imidazole rings is 1. The predicted octanol–water partition coefficient (Wildman–Crippen LogP) is 1.12. The van der Waals surface area contributed by atoms with E-state index in [0.717, 1.165) is 12.2 Å². The highest BCUT2D eigenvalue weighted by molar-refractivity contribution is 5.91. The minimum Gasteiger partial charge on any atom is -0.359 e. The lowest BCUT2D eigenvalue weighted by molar-refractivity contribution is 0.0957. The van der Waals surface area contributed by atoms with E-state index in [-0.39, 0.29) is 11.9 Å². The van der Waals surface area contributed by atoms with E-state index in [1.54, 1.807) is 31.6 Å². The van der Waals surface area contributed by atoms with Crippen LogP contribution < -0.4 is 10.6 Å². The molecule has 100 valence electrons. The van der Waals surface area contributed by atoms with Crippen molar-refractivity contribution in [3.05, 3.63) is 36.0 Å². The summed E-state index contributed by atoms with van der Waals surface area (Å²) in [6.45, 7) is 2.05. The Hall–Kier alpha value is -2.44. The van der Waals surface area contributed by atoms with E-state index in [1.807, 2.05) is 6.92 Å². The van der Waals surface area contributed by atoms with Crippen LogP contribution in [0.25, 0.3) is 0 Å². The molecule has 3 N–H and O–H groups in total. The average Bonchev–Trinajstić information content (AvgIpc) is 2.98. The number of anilines is 1. The van der Waals surface area contributed by atoms with Crippen molar-refractivity contribution < 1.29 is 4.79 Å². The lowest BCUT2D eigenvalue weighted by atomic mass is 10.2. The maximum Gasteiger partial charge on any atom is 0.271 e. The largest absolute Gasteiger partial charge is 0.359 e. The first-order valence-electron chi connectivity index (χ1n) is 6.06. The van der Waals surface area contributed by atoms with Gasteiger partial charge in [0.25, 0.3) is 5.91 Å². The van der Waals surface area contributed by atoms with Crippen LogP contribution in [0.3, 0.4) is 0 Å². The summed E-state index contributed by atoms with van der Waals surface area (Å²) in [6, 6.07) is 3.39. The lowest BCUT2D eigenvalue weighted by Gasteiger charge is -2.14. The number of amides is 1. The molecule has 1 unspecified atom stereocenters. The standard InChI is InChI=1S/C12H16N6O/c1-3-8(11-14-6-7-15-11)16-10-5-4-9(17-18-10)12(19)13-2/h4-8H,3H2,1-2H3,(H,13,19)(H,14,15)(H,16,18). The van der Waals surface area contributed by atoms with Gasteiger partial charge >= 0.3 is 0 Å². The summed E-state index contributed by atoms with van der Waals surface area (Å²) in [7, 11) is 1.56. The quantitative estimate of drug-likeness (QED) is 0.748. The maximum absolute atomic E-state index is 11.3. The molecule has 0 aliphatic heterocycles. The molecule has 0 fully saturated rings. The fraction of sp³-hybridized carbons (Fsp3) is 0.333. The molecule has 2 heterocycles. The van der Waals surface area contributed by atoms with E-state index in [2.05, 4.69) is 30.8 Å². The molecule has 0 aliphatic rings. The van der Waals surface area contributed by atoms with E-state index < -0.39 is 0 Å². The van der Waals surface area contributed by atoms with Crippen molar-refractivity contribution >= 4 is 11.7 Å². The van der Waals surface area contributed by atoms with E-state index in [1.165, 1.54) is 0 Å². The molecular weight excluding hydrogens is 244 g/mol. The van der Waals surface area contributed by atoms with Gasteiger partial charge in [-0.1, -0.05) is 6.92 Å². The Morgan fingerprint density at radius 3 is 2.79 bits per heavy atom. The summed E-state index contributed by atoms with van der Waals surface area (Å²) in [4.78, 5) is 18.6. The van der Waals surface area contributed by atoms with Crippen LogP contribution >= 0.6 is 0 Å². The number of rotatable bonds is 5. The van der Waals surface area contributed by atoms with Gasteiger partial charge in [-0.15, -0.1) is 10.2 Å². The van der Waals surface area contributed by atoms with Crippen molar-refractivity contribution in [2.24, 2.45) is 0 Å². The van der Waals surface area contributed by atoms with Crippen LogP contribution in [0.2, 0.25) is 0 Å². The van der Waals surface area contributed by atoms with Gasteiger partial charge in [0, 0.05) is 19.4 Å². The summed E-state index contributed by atoms with van der Waals surface area (Å²) >= 11 is 0. The van der Waals surface area contributed by atoms with E-state index in [4.69, 9.17) is 0 Å². The van der Waals surface area contributed by atoms with Crippen molar-refractivity contribution in [2.45, 2.75) is 19.4 Å². The van der Waals surface area contributed by atoms with Gasteiger partial charge in [0.2, 0.25) is 0 Å². The third-order valence-electron chi connectivity index (χ3n) is 2.70. The zero-order valence-electron chi connectivity index (χ0n) is 10.8. The number of hydrogen-bond acceptors (Lipinski definition) is 5. The Balaban J connectivity index is 2.08. The Labute approximate surface area is 110 Å². The van der Waals surface area contributed by atoms with Gasteiger partial charge in [-0.05, 0) is 18.6 Å². The molecule has 2 aromatic heterocycles. The summed E-state index contributed by atoms with van der Waals surface area (Å²) in [6.07, 6.45) is 4.34. The Bertz CT molecular complexity index is 522. The first-order chi connectivity index (χ1) is 9.24. The number of carbonyl (C=O) groups excluding carboxylic acids is 1. The highest BCUT2D eigenvalue weighted by atomic mass is 16.1. The van der Waals surface area contributed by atoms with Gasteiger partial charge in [-0.2, -0.15) is 0 Å². The highest BCUT2D eigenvalue weighted by Crippen LogP contribution is 2.17. The molecule has 0 aliphatic carbocycles. The van der Waals surface area contributed by atoms with Crippen LogP contribution in [0, 0.1) is 0 Å². The summed E-state index contributed by atoms with van der Waals surface area (Å²) < 4.78 is 0. The zero-order chi connectivity index (χ0) is 13.7. The third-order valence-corrected chi connectivity index (χ3v) is 2.70. The molecule has 19 heavy (non-hydrogen) atoms. The van der Waals surface area contributed by atoms with Crippen molar-refractivity contribution in [3.8, 4) is 0 Å². The molecule has 2 aromatic rings. The molecule has 0 radical (unpaired) electrons. The smallest absolute Gasteiger partial charge is 0.271 e. The number of nitrogens with zero attached hydrogens (tertiary/aromatic N) is 3. The molecule has 1 atom stereocenters. The molecule has 7 nitrogen and oxygen atoms in total. The molecule has 0 spiro atoms. The normalized spacial score (nSPS) is 11.9. The van der Waals surface area contributed by atoms with Gasteiger partial charge in [-0.3, -0.25) is 4.79 Å². The first-order valence-corrected chi connectivity index (χ1v) is 6.06. The molecule has 0 bridgehead atoms. The number of aromatic amines is 1. The summed E-state index contributed by atoms with van der Waals surface area (Å²) in [5.41, 5.74) is 0.291. The van der Waals surface area contributed by atoms with Crippen LogP contribution in [0.4, 0.5) is 5.82 Å². The van der Waals surface area contributed by atoms with Crippen molar-refractivity contribution in [1.82, 2.24) is 25.5 Å². The number of carbonyl (C=O) groups is 1.